The summed E-state index contributed by atoms with van der Waals surface area (Å²) >= 11 is 0. The largest absolute Gasteiger partial charge is 0.387 e. The summed E-state index contributed by atoms with van der Waals surface area (Å²) in [6.45, 7) is 4.80. The molecule has 1 saturated heterocycles. The Morgan fingerprint density at radius 2 is 1.88 bits per heavy atom. The molecule has 0 aromatic rings. The molecule has 1 rings (SSSR count). The Balaban J connectivity index is 2.58. The quantitative estimate of drug-likeness (QED) is 0.490. The van der Waals surface area contributed by atoms with E-state index in [1.807, 2.05) is 0 Å². The number of nitrogens with two attached hydrogens (primary N) is 1. The van der Waals surface area contributed by atoms with E-state index in [0.29, 0.717) is 13.1 Å². The molecule has 0 bridgehead atoms. The van der Waals surface area contributed by atoms with Crippen molar-refractivity contribution >= 4 is 16.0 Å². The minimum atomic E-state index is -3.42. The van der Waals surface area contributed by atoms with E-state index in [1.165, 1.54) is 4.31 Å². The van der Waals surface area contributed by atoms with E-state index in [2.05, 4.69) is 4.72 Å². The Morgan fingerprint density at radius 1 is 1.35 bits per heavy atom. The Kier molecular flexibility index (Phi) is 4.51. The standard InChI is InChI=1S/C10H22N4O2S/c1-10(2,9(11)12)8-13-17(15,16)14-6-4-3-5-7-14/h13H,3-8H2,1-2H3,(H3,11,12). The van der Waals surface area contributed by atoms with Crippen molar-refractivity contribution in [2.75, 3.05) is 19.6 Å². The molecule has 0 spiro atoms. The van der Waals surface area contributed by atoms with Crippen LogP contribution in [-0.4, -0.2) is 38.2 Å². The monoisotopic (exact) mass is 262 g/mol. The van der Waals surface area contributed by atoms with Crippen LogP contribution in [0.3, 0.4) is 0 Å². The van der Waals surface area contributed by atoms with Gasteiger partial charge in [-0.1, -0.05) is 20.3 Å². The van der Waals surface area contributed by atoms with E-state index in [-0.39, 0.29) is 12.4 Å². The highest BCUT2D eigenvalue weighted by Gasteiger charge is 2.28. The molecule has 0 atom stereocenters. The number of nitrogens with one attached hydrogen (secondary N) is 2. The van der Waals surface area contributed by atoms with E-state index < -0.39 is 15.6 Å². The Hall–Kier alpha value is -0.660. The maximum atomic E-state index is 12.0. The normalized spacial score (nSPS) is 19.2. The molecule has 7 heteroatoms. The maximum absolute atomic E-state index is 12.0. The van der Waals surface area contributed by atoms with E-state index in [0.717, 1.165) is 19.3 Å². The van der Waals surface area contributed by atoms with E-state index >= 15 is 0 Å². The topological polar surface area (TPSA) is 99.3 Å². The molecule has 0 aromatic carbocycles. The minimum absolute atomic E-state index is 0.0150. The Labute approximate surface area is 103 Å². The lowest BCUT2D eigenvalue weighted by atomic mass is 9.93. The fourth-order valence-corrected chi connectivity index (χ4v) is 3.03. The molecule has 0 saturated carbocycles. The van der Waals surface area contributed by atoms with Gasteiger partial charge in [-0.15, -0.1) is 0 Å². The van der Waals surface area contributed by atoms with Gasteiger partial charge in [-0.3, -0.25) is 5.41 Å². The van der Waals surface area contributed by atoms with Crippen molar-refractivity contribution in [3.63, 3.8) is 0 Å². The summed E-state index contributed by atoms with van der Waals surface area (Å²) in [4.78, 5) is 0. The fourth-order valence-electron chi connectivity index (χ4n) is 1.56. The molecule has 0 radical (unpaired) electrons. The van der Waals surface area contributed by atoms with Gasteiger partial charge < -0.3 is 5.73 Å². The number of hydrogen-bond acceptors (Lipinski definition) is 3. The zero-order chi connectivity index (χ0) is 13.1. The Morgan fingerprint density at radius 3 is 2.35 bits per heavy atom. The second kappa shape index (κ2) is 5.32. The average molecular weight is 262 g/mol. The van der Waals surface area contributed by atoms with Gasteiger partial charge in [0.1, 0.15) is 0 Å². The molecule has 1 fully saturated rings. The zero-order valence-corrected chi connectivity index (χ0v) is 11.3. The van der Waals surface area contributed by atoms with Crippen LogP contribution in [0.4, 0.5) is 0 Å². The van der Waals surface area contributed by atoms with E-state index in [4.69, 9.17) is 11.1 Å². The second-order valence-corrected chi connectivity index (χ2v) is 6.84. The lowest BCUT2D eigenvalue weighted by molar-refractivity contribution is 0.338. The molecule has 100 valence electrons. The molecule has 1 aliphatic rings. The van der Waals surface area contributed by atoms with Crippen LogP contribution in [0.25, 0.3) is 0 Å². The average Bonchev–Trinajstić information content (AvgIpc) is 2.28. The third kappa shape index (κ3) is 3.93. The van der Waals surface area contributed by atoms with Gasteiger partial charge in [0, 0.05) is 25.0 Å². The number of amidine groups is 1. The zero-order valence-electron chi connectivity index (χ0n) is 10.5. The summed E-state index contributed by atoms with van der Waals surface area (Å²) in [6.07, 6.45) is 2.92. The highest BCUT2D eigenvalue weighted by Crippen LogP contribution is 2.15. The van der Waals surface area contributed by atoms with Crippen molar-refractivity contribution in [3.8, 4) is 0 Å². The van der Waals surface area contributed by atoms with Crippen LogP contribution in [0.2, 0.25) is 0 Å². The molecule has 6 nitrogen and oxygen atoms in total. The molecule has 1 aliphatic heterocycles. The van der Waals surface area contributed by atoms with Crippen LogP contribution in [0.1, 0.15) is 33.1 Å². The lowest BCUT2D eigenvalue weighted by Gasteiger charge is -2.29. The molecule has 0 aromatic heterocycles. The second-order valence-electron chi connectivity index (χ2n) is 5.08. The van der Waals surface area contributed by atoms with Crippen LogP contribution < -0.4 is 10.5 Å². The molecular formula is C10H22N4O2S. The summed E-state index contributed by atoms with van der Waals surface area (Å²) in [6, 6.07) is 0. The van der Waals surface area contributed by atoms with Crippen molar-refractivity contribution in [3.05, 3.63) is 0 Å². The van der Waals surface area contributed by atoms with Gasteiger partial charge in [-0.2, -0.15) is 12.7 Å². The SMILES string of the molecule is CC(C)(CNS(=O)(=O)N1CCCCC1)C(=N)N. The van der Waals surface area contributed by atoms with Gasteiger partial charge in [0.05, 0.1) is 5.84 Å². The van der Waals surface area contributed by atoms with Gasteiger partial charge in [0.25, 0.3) is 10.2 Å². The highest BCUT2D eigenvalue weighted by molar-refractivity contribution is 7.87. The molecule has 0 aliphatic carbocycles. The number of piperidine rings is 1. The van der Waals surface area contributed by atoms with Crippen molar-refractivity contribution in [1.29, 1.82) is 5.41 Å². The first-order valence-corrected chi connectivity index (χ1v) is 7.29. The van der Waals surface area contributed by atoms with E-state index in [1.54, 1.807) is 13.8 Å². The van der Waals surface area contributed by atoms with Crippen molar-refractivity contribution in [2.24, 2.45) is 11.1 Å². The van der Waals surface area contributed by atoms with Crippen LogP contribution in [0, 0.1) is 10.8 Å². The summed E-state index contributed by atoms with van der Waals surface area (Å²) in [7, 11) is -3.42. The molecule has 17 heavy (non-hydrogen) atoms. The van der Waals surface area contributed by atoms with E-state index in [9.17, 15) is 8.42 Å². The molecule has 0 unspecified atom stereocenters. The van der Waals surface area contributed by atoms with Gasteiger partial charge in [0.15, 0.2) is 0 Å². The third-order valence-corrected chi connectivity index (χ3v) is 4.63. The molecule has 1 heterocycles. The van der Waals surface area contributed by atoms with Crippen LogP contribution in [-0.2, 0) is 10.2 Å². The number of rotatable bonds is 5. The first-order valence-electron chi connectivity index (χ1n) is 5.85. The minimum Gasteiger partial charge on any atom is -0.387 e. The molecule has 4 N–H and O–H groups in total. The first-order chi connectivity index (χ1) is 7.76. The fraction of sp³-hybridized carbons (Fsp3) is 0.900. The summed E-state index contributed by atoms with van der Waals surface area (Å²) in [5.74, 6) is -0.0150. The van der Waals surface area contributed by atoms with Crippen LogP contribution in [0.15, 0.2) is 0 Å². The highest BCUT2D eigenvalue weighted by atomic mass is 32.2. The van der Waals surface area contributed by atoms with Crippen LogP contribution >= 0.6 is 0 Å². The molecular weight excluding hydrogens is 240 g/mol. The summed E-state index contributed by atoms with van der Waals surface area (Å²) in [5, 5.41) is 7.38. The van der Waals surface area contributed by atoms with Gasteiger partial charge >= 0.3 is 0 Å². The number of hydrogen-bond donors (Lipinski definition) is 3. The van der Waals surface area contributed by atoms with Crippen molar-refractivity contribution < 1.29 is 8.42 Å². The third-order valence-electron chi connectivity index (χ3n) is 3.08. The van der Waals surface area contributed by atoms with Gasteiger partial charge in [0.2, 0.25) is 0 Å². The van der Waals surface area contributed by atoms with Crippen molar-refractivity contribution in [2.45, 2.75) is 33.1 Å². The number of nitrogens with zero attached hydrogens (tertiary/aromatic N) is 1. The smallest absolute Gasteiger partial charge is 0.279 e. The lowest BCUT2D eigenvalue weighted by Crippen LogP contribution is -2.48. The summed E-state index contributed by atoms with van der Waals surface area (Å²) in [5.41, 5.74) is 4.76. The van der Waals surface area contributed by atoms with Crippen LogP contribution in [0.5, 0.6) is 0 Å². The first kappa shape index (κ1) is 14.4. The van der Waals surface area contributed by atoms with Gasteiger partial charge in [-0.05, 0) is 12.8 Å². The van der Waals surface area contributed by atoms with Crippen molar-refractivity contribution in [1.82, 2.24) is 9.03 Å². The summed E-state index contributed by atoms with van der Waals surface area (Å²) < 4.78 is 27.9. The predicted molar refractivity (Wildman–Crippen MR) is 68.0 cm³/mol. The molecule has 0 amide bonds. The van der Waals surface area contributed by atoms with Gasteiger partial charge in [-0.25, -0.2) is 4.72 Å². The maximum Gasteiger partial charge on any atom is 0.279 e. The predicted octanol–water partition coefficient (Wildman–Crippen LogP) is 0.269. The Bertz CT molecular complexity index is 372.